The molecule has 1 amide bonds. The minimum absolute atomic E-state index is 0. The fourth-order valence-corrected chi connectivity index (χ4v) is 3.99. The van der Waals surface area contributed by atoms with Gasteiger partial charge >= 0.3 is 0 Å². The molecule has 0 unspecified atom stereocenters. The molecule has 0 saturated carbocycles. The highest BCUT2D eigenvalue weighted by molar-refractivity contribution is 5.99. The van der Waals surface area contributed by atoms with E-state index in [2.05, 4.69) is 11.4 Å². The second kappa shape index (κ2) is 8.11. The number of primary amides is 1. The third-order valence-electron chi connectivity index (χ3n) is 5.24. The lowest BCUT2D eigenvalue weighted by Gasteiger charge is -2.23. The lowest BCUT2D eigenvalue weighted by Crippen LogP contribution is -2.26. The number of hydrogen-bond acceptors (Lipinski definition) is 2. The van der Waals surface area contributed by atoms with Crippen molar-refractivity contribution in [3.8, 4) is 0 Å². The zero-order valence-corrected chi connectivity index (χ0v) is 15.8. The van der Waals surface area contributed by atoms with Gasteiger partial charge in [-0.3, -0.25) is 4.79 Å². The number of nitrogens with zero attached hydrogens (tertiary/aromatic N) is 1. The van der Waals surface area contributed by atoms with Crippen LogP contribution in [-0.2, 0) is 6.54 Å². The lowest BCUT2D eigenvalue weighted by molar-refractivity contribution is 0.0992. The molecule has 142 valence electrons. The van der Waals surface area contributed by atoms with Crippen LogP contribution in [0.15, 0.2) is 48.5 Å². The molecule has 1 aliphatic rings. The number of amides is 1. The zero-order chi connectivity index (χ0) is 18.1. The number of nitrogens with two attached hydrogens (primary N) is 1. The molecule has 0 spiro atoms. The maximum atomic E-state index is 13.6. The van der Waals surface area contributed by atoms with E-state index >= 15 is 0 Å². The van der Waals surface area contributed by atoms with Crippen LogP contribution in [0.5, 0.6) is 0 Å². The predicted molar refractivity (Wildman–Crippen MR) is 108 cm³/mol. The van der Waals surface area contributed by atoms with Crippen molar-refractivity contribution in [2.24, 2.45) is 5.73 Å². The van der Waals surface area contributed by atoms with E-state index in [1.807, 2.05) is 28.8 Å². The number of fused-ring (bicyclic) bond motifs is 1. The third-order valence-corrected chi connectivity index (χ3v) is 5.24. The van der Waals surface area contributed by atoms with Gasteiger partial charge in [-0.25, -0.2) is 4.39 Å². The van der Waals surface area contributed by atoms with Crippen LogP contribution in [0.2, 0.25) is 0 Å². The molecule has 2 heterocycles. The van der Waals surface area contributed by atoms with Gasteiger partial charge in [0.15, 0.2) is 0 Å². The minimum Gasteiger partial charge on any atom is -0.364 e. The van der Waals surface area contributed by atoms with Crippen molar-refractivity contribution in [3.63, 3.8) is 0 Å². The van der Waals surface area contributed by atoms with E-state index in [0.29, 0.717) is 18.2 Å². The van der Waals surface area contributed by atoms with Gasteiger partial charge in [-0.1, -0.05) is 24.3 Å². The lowest BCUT2D eigenvalue weighted by atomic mass is 9.88. The average Bonchev–Trinajstić information content (AvgIpc) is 3.01. The van der Waals surface area contributed by atoms with Crippen molar-refractivity contribution >= 4 is 29.2 Å². The molecule has 0 atom stereocenters. The first-order chi connectivity index (χ1) is 12.6. The predicted octanol–water partition coefficient (Wildman–Crippen LogP) is 3.82. The summed E-state index contributed by atoms with van der Waals surface area (Å²) in [6, 6.07) is 14.5. The van der Waals surface area contributed by atoms with E-state index in [1.54, 1.807) is 6.07 Å². The highest BCUT2D eigenvalue weighted by atomic mass is 35.5. The molecule has 27 heavy (non-hydrogen) atoms. The summed E-state index contributed by atoms with van der Waals surface area (Å²) in [7, 11) is 0. The van der Waals surface area contributed by atoms with Crippen molar-refractivity contribution in [1.29, 1.82) is 0 Å². The molecular formula is C21H23ClFN3O. The van der Waals surface area contributed by atoms with Crippen LogP contribution in [0.1, 0.15) is 40.4 Å². The second-order valence-corrected chi connectivity index (χ2v) is 6.91. The monoisotopic (exact) mass is 387 g/mol. The smallest absolute Gasteiger partial charge is 0.265 e. The number of nitrogens with one attached hydrogen (secondary N) is 1. The number of piperidine rings is 1. The summed E-state index contributed by atoms with van der Waals surface area (Å²) >= 11 is 0. The molecule has 1 aromatic heterocycles. The van der Waals surface area contributed by atoms with Crippen LogP contribution in [0.3, 0.4) is 0 Å². The number of halogens is 2. The normalized spacial score (nSPS) is 14.9. The largest absolute Gasteiger partial charge is 0.364 e. The Hall–Kier alpha value is -2.37. The van der Waals surface area contributed by atoms with Crippen LogP contribution >= 0.6 is 12.4 Å². The van der Waals surface area contributed by atoms with Gasteiger partial charge < -0.3 is 15.6 Å². The highest BCUT2D eigenvalue weighted by Gasteiger charge is 2.21. The standard InChI is InChI=1S/C21H22FN3O.ClH/c22-16-4-1-3-14(11-16)13-25-19-6-2-5-17(15-7-9-24-10-8-15)18(19)12-20(25)21(23)26;/h1-6,11-12,15,24H,7-10,13H2,(H2,23,26);1H. The average molecular weight is 388 g/mol. The Labute approximate surface area is 164 Å². The highest BCUT2D eigenvalue weighted by Crippen LogP contribution is 2.33. The maximum Gasteiger partial charge on any atom is 0.265 e. The van der Waals surface area contributed by atoms with E-state index in [-0.39, 0.29) is 18.2 Å². The van der Waals surface area contributed by atoms with E-state index in [1.165, 1.54) is 17.7 Å². The topological polar surface area (TPSA) is 60.1 Å². The number of benzene rings is 2. The van der Waals surface area contributed by atoms with Crippen molar-refractivity contribution in [2.45, 2.75) is 25.3 Å². The molecule has 2 aromatic carbocycles. The fraction of sp³-hybridized carbons (Fsp3) is 0.286. The minimum atomic E-state index is -0.464. The Morgan fingerprint density at radius 1 is 1.15 bits per heavy atom. The molecule has 3 aromatic rings. The van der Waals surface area contributed by atoms with Crippen molar-refractivity contribution in [3.05, 3.63) is 71.2 Å². The zero-order valence-electron chi connectivity index (χ0n) is 15.0. The van der Waals surface area contributed by atoms with Gasteiger partial charge in [0.05, 0.1) is 0 Å². The number of carbonyl (C=O) groups excluding carboxylic acids is 1. The Kier molecular flexibility index (Phi) is 5.82. The molecular weight excluding hydrogens is 365 g/mol. The molecule has 6 heteroatoms. The molecule has 1 saturated heterocycles. The first-order valence-corrected chi connectivity index (χ1v) is 9.00. The van der Waals surface area contributed by atoms with E-state index < -0.39 is 5.91 Å². The molecule has 4 rings (SSSR count). The van der Waals surface area contributed by atoms with Crippen LogP contribution in [0.25, 0.3) is 10.9 Å². The number of hydrogen-bond donors (Lipinski definition) is 2. The molecule has 4 nitrogen and oxygen atoms in total. The first-order valence-electron chi connectivity index (χ1n) is 9.00. The second-order valence-electron chi connectivity index (χ2n) is 6.91. The molecule has 0 radical (unpaired) electrons. The third kappa shape index (κ3) is 3.84. The summed E-state index contributed by atoms with van der Waals surface area (Å²) in [5.41, 5.74) is 9.15. The summed E-state index contributed by atoms with van der Waals surface area (Å²) < 4.78 is 15.5. The molecule has 3 N–H and O–H groups in total. The summed E-state index contributed by atoms with van der Waals surface area (Å²) in [5, 5.41) is 4.46. The van der Waals surface area contributed by atoms with Crippen molar-refractivity contribution in [2.75, 3.05) is 13.1 Å². The Morgan fingerprint density at radius 2 is 1.89 bits per heavy atom. The fourth-order valence-electron chi connectivity index (χ4n) is 3.99. The van der Waals surface area contributed by atoms with Gasteiger partial charge in [-0.05, 0) is 67.2 Å². The molecule has 1 aliphatic heterocycles. The van der Waals surface area contributed by atoms with E-state index in [0.717, 1.165) is 42.4 Å². The molecule has 0 bridgehead atoms. The number of carbonyl (C=O) groups is 1. The van der Waals surface area contributed by atoms with Crippen molar-refractivity contribution < 1.29 is 9.18 Å². The summed E-state index contributed by atoms with van der Waals surface area (Å²) in [5.74, 6) is -0.269. The van der Waals surface area contributed by atoms with E-state index in [9.17, 15) is 9.18 Å². The first kappa shape index (κ1) is 19.4. The molecule has 1 fully saturated rings. The number of aromatic nitrogens is 1. The van der Waals surface area contributed by atoms with Crippen LogP contribution in [0.4, 0.5) is 4.39 Å². The van der Waals surface area contributed by atoms with Crippen LogP contribution in [0, 0.1) is 5.82 Å². The summed E-state index contributed by atoms with van der Waals surface area (Å²) in [4.78, 5) is 12.1. The summed E-state index contributed by atoms with van der Waals surface area (Å²) in [6.07, 6.45) is 2.17. The quantitative estimate of drug-likeness (QED) is 0.715. The number of rotatable bonds is 4. The van der Waals surface area contributed by atoms with Gasteiger partial charge in [-0.2, -0.15) is 0 Å². The van der Waals surface area contributed by atoms with Crippen molar-refractivity contribution in [1.82, 2.24) is 9.88 Å². The SMILES string of the molecule is Cl.NC(=O)c1cc2c(C3CCNCC3)cccc2n1Cc1cccc(F)c1. The Balaban J connectivity index is 0.00000210. The van der Waals surface area contributed by atoms with Gasteiger partial charge in [0.25, 0.3) is 5.91 Å². The summed E-state index contributed by atoms with van der Waals surface area (Å²) in [6.45, 7) is 2.43. The Bertz CT molecular complexity index is 963. The van der Waals surface area contributed by atoms with Crippen LogP contribution < -0.4 is 11.1 Å². The van der Waals surface area contributed by atoms with Gasteiger partial charge in [0.2, 0.25) is 0 Å². The van der Waals surface area contributed by atoms with Crippen LogP contribution in [-0.4, -0.2) is 23.6 Å². The Morgan fingerprint density at radius 3 is 2.59 bits per heavy atom. The molecule has 0 aliphatic carbocycles. The van der Waals surface area contributed by atoms with Gasteiger partial charge in [0, 0.05) is 17.4 Å². The van der Waals surface area contributed by atoms with Gasteiger partial charge in [0.1, 0.15) is 11.5 Å². The van der Waals surface area contributed by atoms with Gasteiger partial charge in [-0.15, -0.1) is 12.4 Å². The maximum absolute atomic E-state index is 13.6. The van der Waals surface area contributed by atoms with E-state index in [4.69, 9.17) is 5.73 Å².